The summed E-state index contributed by atoms with van der Waals surface area (Å²) in [6, 6.07) is 3.79. The van der Waals surface area contributed by atoms with E-state index in [9.17, 15) is 0 Å². The lowest BCUT2D eigenvalue weighted by molar-refractivity contribution is 0.425. The van der Waals surface area contributed by atoms with Crippen molar-refractivity contribution in [3.63, 3.8) is 0 Å². The SMILES string of the molecule is CCC(C)(N)CCN=C=NC.N=C=N. The molecule has 0 aromatic carbocycles. The summed E-state index contributed by atoms with van der Waals surface area (Å²) in [5.74, 6) is 0. The molecule has 0 spiro atoms. The number of nitrogens with one attached hydrogen (secondary N) is 2. The van der Waals surface area contributed by atoms with Crippen LogP contribution in [0.5, 0.6) is 0 Å². The first kappa shape index (κ1) is 15.2. The standard InChI is InChI=1S/C8H17N3.CH2N2/c1-4-8(2,9)5-6-11-7-10-3;2-1-3/h4-6,9H2,1-3H3;2-3H. The van der Waals surface area contributed by atoms with Crippen LogP contribution in [0.25, 0.3) is 0 Å². The smallest absolute Gasteiger partial charge is 0.0889 e. The van der Waals surface area contributed by atoms with Gasteiger partial charge in [-0.1, -0.05) is 6.92 Å². The van der Waals surface area contributed by atoms with E-state index in [-0.39, 0.29) is 5.54 Å². The third kappa shape index (κ3) is 13.3. The van der Waals surface area contributed by atoms with E-state index in [1.807, 2.05) is 6.92 Å². The van der Waals surface area contributed by atoms with Crippen LogP contribution in [0, 0.1) is 10.8 Å². The molecule has 0 radical (unpaired) electrons. The fourth-order valence-corrected chi connectivity index (χ4v) is 0.609. The first-order valence-electron chi connectivity index (χ1n) is 4.41. The van der Waals surface area contributed by atoms with Gasteiger partial charge in [0.1, 0.15) is 0 Å². The van der Waals surface area contributed by atoms with E-state index in [0.717, 1.165) is 19.4 Å². The number of hydrogen-bond acceptors (Lipinski definition) is 5. The molecule has 14 heavy (non-hydrogen) atoms. The van der Waals surface area contributed by atoms with Crippen LogP contribution < -0.4 is 5.73 Å². The topological polar surface area (TPSA) is 98.4 Å². The summed E-state index contributed by atoms with van der Waals surface area (Å²) < 4.78 is 0. The lowest BCUT2D eigenvalue weighted by Crippen LogP contribution is -2.35. The van der Waals surface area contributed by atoms with Gasteiger partial charge in [-0.25, -0.2) is 20.8 Å². The van der Waals surface area contributed by atoms with E-state index >= 15 is 0 Å². The van der Waals surface area contributed by atoms with Crippen LogP contribution in [0.2, 0.25) is 0 Å². The van der Waals surface area contributed by atoms with Crippen LogP contribution >= 0.6 is 0 Å². The average Bonchev–Trinajstić information content (AvgIpc) is 2.14. The van der Waals surface area contributed by atoms with E-state index in [2.05, 4.69) is 22.9 Å². The summed E-state index contributed by atoms with van der Waals surface area (Å²) in [4.78, 5) is 7.55. The van der Waals surface area contributed by atoms with E-state index in [1.54, 1.807) is 7.05 Å². The predicted molar refractivity (Wildman–Crippen MR) is 58.6 cm³/mol. The maximum atomic E-state index is 5.88. The molecule has 0 aliphatic carbocycles. The van der Waals surface area contributed by atoms with Gasteiger partial charge in [0.2, 0.25) is 0 Å². The zero-order valence-electron chi connectivity index (χ0n) is 9.09. The van der Waals surface area contributed by atoms with Gasteiger partial charge < -0.3 is 5.73 Å². The van der Waals surface area contributed by atoms with Crippen molar-refractivity contribution in [2.45, 2.75) is 32.2 Å². The van der Waals surface area contributed by atoms with Crippen molar-refractivity contribution in [1.82, 2.24) is 0 Å². The Morgan fingerprint density at radius 2 is 1.93 bits per heavy atom. The Kier molecular flexibility index (Phi) is 10.6. The monoisotopic (exact) mass is 197 g/mol. The highest BCUT2D eigenvalue weighted by atomic mass is 14.8. The van der Waals surface area contributed by atoms with Crippen molar-refractivity contribution in [2.75, 3.05) is 13.6 Å². The Bertz CT molecular complexity index is 219. The second kappa shape index (κ2) is 9.81. The van der Waals surface area contributed by atoms with Gasteiger partial charge in [-0.3, -0.25) is 0 Å². The molecule has 4 N–H and O–H groups in total. The first-order valence-corrected chi connectivity index (χ1v) is 4.41. The zero-order chi connectivity index (χ0) is 11.4. The molecule has 0 fully saturated rings. The van der Waals surface area contributed by atoms with Crippen molar-refractivity contribution in [3.8, 4) is 0 Å². The molecule has 80 valence electrons. The van der Waals surface area contributed by atoms with Crippen LogP contribution in [-0.2, 0) is 0 Å². The quantitative estimate of drug-likeness (QED) is 0.586. The second-order valence-corrected chi connectivity index (χ2v) is 3.09. The Labute approximate surface area is 85.2 Å². The highest BCUT2D eigenvalue weighted by Crippen LogP contribution is 2.09. The maximum absolute atomic E-state index is 5.88. The zero-order valence-corrected chi connectivity index (χ0v) is 9.09. The van der Waals surface area contributed by atoms with Crippen molar-refractivity contribution in [3.05, 3.63) is 0 Å². The van der Waals surface area contributed by atoms with Crippen LogP contribution in [-0.4, -0.2) is 31.1 Å². The van der Waals surface area contributed by atoms with E-state index < -0.39 is 0 Å². The minimum atomic E-state index is -0.0844. The van der Waals surface area contributed by atoms with Gasteiger partial charge in [0.25, 0.3) is 0 Å². The van der Waals surface area contributed by atoms with Crippen LogP contribution in [0.3, 0.4) is 0 Å². The second-order valence-electron chi connectivity index (χ2n) is 3.09. The molecule has 0 saturated heterocycles. The van der Waals surface area contributed by atoms with Crippen LogP contribution in [0.4, 0.5) is 0 Å². The molecule has 0 aromatic rings. The van der Waals surface area contributed by atoms with Gasteiger partial charge >= 0.3 is 0 Å². The highest BCUT2D eigenvalue weighted by Gasteiger charge is 2.13. The summed E-state index contributed by atoms with van der Waals surface area (Å²) in [7, 11) is 1.66. The van der Waals surface area contributed by atoms with Gasteiger partial charge in [0, 0.05) is 12.6 Å². The van der Waals surface area contributed by atoms with Crippen molar-refractivity contribution < 1.29 is 0 Å². The molecule has 0 saturated carbocycles. The van der Waals surface area contributed by atoms with Gasteiger partial charge in [-0.15, -0.1) is 0 Å². The fraction of sp³-hybridized carbons (Fsp3) is 0.778. The van der Waals surface area contributed by atoms with Gasteiger partial charge in [-0.2, -0.15) is 0 Å². The molecular formula is C9H19N5. The fourth-order valence-electron chi connectivity index (χ4n) is 0.609. The van der Waals surface area contributed by atoms with Crippen LogP contribution in [0.1, 0.15) is 26.7 Å². The van der Waals surface area contributed by atoms with Crippen LogP contribution in [0.15, 0.2) is 9.98 Å². The Morgan fingerprint density at radius 3 is 2.29 bits per heavy atom. The Hall–Kier alpha value is -1.28. The minimum Gasteiger partial charge on any atom is -0.325 e. The highest BCUT2D eigenvalue weighted by molar-refractivity contribution is 5.40. The van der Waals surface area contributed by atoms with E-state index in [4.69, 9.17) is 16.6 Å². The third-order valence-electron chi connectivity index (χ3n) is 1.77. The molecule has 0 amide bonds. The van der Waals surface area contributed by atoms with Gasteiger partial charge in [0.05, 0.1) is 18.6 Å². The molecule has 0 rings (SSSR count). The number of aliphatic imine (C=N–C) groups is 2. The molecule has 1 unspecified atom stereocenters. The molecule has 1 atom stereocenters. The molecule has 0 aromatic heterocycles. The lowest BCUT2D eigenvalue weighted by atomic mass is 9.96. The Balaban J connectivity index is 0. The largest absolute Gasteiger partial charge is 0.325 e. The summed E-state index contributed by atoms with van der Waals surface area (Å²) in [6.45, 7) is 4.83. The normalized spacial score (nSPS) is 12.3. The van der Waals surface area contributed by atoms with Gasteiger partial charge in [-0.05, 0) is 19.8 Å². The van der Waals surface area contributed by atoms with Crippen molar-refractivity contribution >= 4 is 12.0 Å². The minimum absolute atomic E-state index is 0.0844. The lowest BCUT2D eigenvalue weighted by Gasteiger charge is -2.20. The van der Waals surface area contributed by atoms with Crippen molar-refractivity contribution in [2.24, 2.45) is 15.7 Å². The summed E-state index contributed by atoms with van der Waals surface area (Å²) in [6.07, 6.45) is 1.87. The molecule has 0 aliphatic rings. The number of hydrogen-bond donors (Lipinski definition) is 3. The molecular weight excluding hydrogens is 178 g/mol. The number of rotatable bonds is 4. The number of nitrogens with two attached hydrogens (primary N) is 1. The molecule has 0 bridgehead atoms. The molecule has 5 nitrogen and oxygen atoms in total. The first-order chi connectivity index (χ1) is 6.54. The van der Waals surface area contributed by atoms with Gasteiger partial charge in [0.15, 0.2) is 0 Å². The maximum Gasteiger partial charge on any atom is 0.0889 e. The van der Waals surface area contributed by atoms with E-state index in [0.29, 0.717) is 0 Å². The van der Waals surface area contributed by atoms with Crippen molar-refractivity contribution in [1.29, 1.82) is 10.8 Å². The summed E-state index contributed by atoms with van der Waals surface area (Å²) in [5.41, 5.74) is 5.80. The predicted octanol–water partition coefficient (Wildman–Crippen LogP) is 1.63. The molecule has 0 aliphatic heterocycles. The molecule has 5 heteroatoms. The third-order valence-corrected chi connectivity index (χ3v) is 1.77. The van der Waals surface area contributed by atoms with E-state index in [1.165, 1.54) is 6.01 Å². The number of nitrogens with zero attached hydrogens (tertiary/aromatic N) is 2. The summed E-state index contributed by atoms with van der Waals surface area (Å²) >= 11 is 0. The summed E-state index contributed by atoms with van der Waals surface area (Å²) in [5, 5.41) is 11.2. The average molecular weight is 197 g/mol. The Morgan fingerprint density at radius 1 is 1.43 bits per heavy atom. The molecule has 0 heterocycles.